The van der Waals surface area contributed by atoms with E-state index in [4.69, 9.17) is 33.2 Å². The van der Waals surface area contributed by atoms with Crippen molar-refractivity contribution in [2.45, 2.75) is 174 Å². The van der Waals surface area contributed by atoms with Crippen LogP contribution in [0.5, 0.6) is 0 Å². The highest BCUT2D eigenvalue weighted by molar-refractivity contribution is 6.39. The first-order valence-corrected chi connectivity index (χ1v) is 22.7. The molecule has 0 aromatic heterocycles. The summed E-state index contributed by atoms with van der Waals surface area (Å²) in [6, 6.07) is -1.19. The number of Topliss-reactive ketones (excluding diaryl/α,β-unsaturated/α-hetero) is 2. The number of nitrogens with zero attached hydrogens (tertiary/aromatic N) is 1. The molecule has 14 atom stereocenters. The number of carbonyl (C=O) groups is 6. The number of cyclic esters (lactones) is 1. The summed E-state index contributed by atoms with van der Waals surface area (Å²) in [5.74, 6) is -9.11. The van der Waals surface area contributed by atoms with E-state index in [0.29, 0.717) is 56.9 Å². The number of fused-ring (bicyclic) bond motifs is 3. The van der Waals surface area contributed by atoms with E-state index in [1.54, 1.807) is 34.0 Å². The van der Waals surface area contributed by atoms with Gasteiger partial charge in [-0.1, -0.05) is 44.6 Å². The van der Waals surface area contributed by atoms with Crippen molar-refractivity contribution in [1.82, 2.24) is 4.90 Å². The van der Waals surface area contributed by atoms with Crippen LogP contribution in [0, 0.1) is 29.6 Å². The number of piperidine rings is 1. The summed E-state index contributed by atoms with van der Waals surface area (Å²) in [4.78, 5) is 83.3. The van der Waals surface area contributed by atoms with Gasteiger partial charge in [-0.2, -0.15) is 0 Å². The van der Waals surface area contributed by atoms with Gasteiger partial charge >= 0.3 is 17.9 Å². The number of aliphatic hydroxyl groups is 1. The lowest BCUT2D eigenvalue weighted by Gasteiger charge is -2.47. The van der Waals surface area contributed by atoms with Gasteiger partial charge in [0.2, 0.25) is 5.79 Å². The van der Waals surface area contributed by atoms with Gasteiger partial charge in [0, 0.05) is 65.9 Å². The molecule has 3 fully saturated rings. The Bertz CT molecular complexity index is 1710. The molecule has 14 unspecified atom stereocenters. The van der Waals surface area contributed by atoms with Crippen LogP contribution in [-0.4, -0.2) is 128 Å². The van der Waals surface area contributed by atoms with Crippen LogP contribution in [0.3, 0.4) is 0 Å². The fraction of sp³-hybridized carbons (Fsp3) is 0.750. The first-order valence-electron chi connectivity index (χ1n) is 22.7. The van der Waals surface area contributed by atoms with E-state index in [-0.39, 0.29) is 49.5 Å². The molecule has 1 saturated carbocycles. The van der Waals surface area contributed by atoms with Crippen molar-refractivity contribution in [3.05, 3.63) is 36.0 Å². The first-order chi connectivity index (χ1) is 29.8. The molecule has 2 bridgehead atoms. The lowest BCUT2D eigenvalue weighted by molar-refractivity contribution is -0.302. The van der Waals surface area contributed by atoms with Crippen LogP contribution < -0.4 is 0 Å². The number of carbonyl (C=O) groups excluding carboxylic acids is 6. The second-order valence-electron chi connectivity index (χ2n) is 18.4. The average molecular weight is 888 g/mol. The molecular weight excluding hydrogens is 815 g/mol. The monoisotopic (exact) mass is 888 g/mol. The number of ketones is 2. The summed E-state index contributed by atoms with van der Waals surface area (Å²) < 4.78 is 41.6. The minimum atomic E-state index is -2.54. The first kappa shape index (κ1) is 51.9. The second kappa shape index (κ2) is 23.4. The molecule has 2 saturated heterocycles. The molecule has 15 nitrogen and oxygen atoms in total. The van der Waals surface area contributed by atoms with Gasteiger partial charge in [0.25, 0.3) is 11.7 Å². The van der Waals surface area contributed by atoms with Crippen LogP contribution >= 0.6 is 0 Å². The highest BCUT2D eigenvalue weighted by Crippen LogP contribution is 2.39. The predicted octanol–water partition coefficient (Wildman–Crippen LogP) is 5.78. The van der Waals surface area contributed by atoms with E-state index in [1.165, 1.54) is 33.0 Å². The third-order valence-corrected chi connectivity index (χ3v) is 13.5. The maximum Gasteiger partial charge on any atom is 0.329 e. The Morgan fingerprint density at radius 1 is 0.857 bits per heavy atom. The van der Waals surface area contributed by atoms with Gasteiger partial charge in [-0.15, -0.1) is 6.58 Å². The third-order valence-electron chi connectivity index (χ3n) is 13.5. The summed E-state index contributed by atoms with van der Waals surface area (Å²) in [5, 5.41) is 12.1. The lowest BCUT2D eigenvalue weighted by atomic mass is 9.81. The number of amides is 1. The van der Waals surface area contributed by atoms with Crippen molar-refractivity contribution < 1.29 is 67.0 Å². The van der Waals surface area contributed by atoms with Crippen molar-refractivity contribution >= 4 is 35.4 Å². The Hall–Kier alpha value is -3.76. The molecule has 354 valence electrons. The quantitative estimate of drug-likeness (QED) is 0.127. The normalized spacial score (nSPS) is 37.1. The highest BCUT2D eigenvalue weighted by atomic mass is 16.7. The second-order valence-corrected chi connectivity index (χ2v) is 18.4. The van der Waals surface area contributed by atoms with Gasteiger partial charge in [0.15, 0.2) is 0 Å². The molecule has 63 heavy (non-hydrogen) atoms. The molecule has 3 aliphatic heterocycles. The van der Waals surface area contributed by atoms with E-state index < -0.39 is 95.8 Å². The number of hydrogen-bond acceptors (Lipinski definition) is 14. The Kier molecular flexibility index (Phi) is 19.3. The SMILES string of the molecule is C=CCC1C=C(C)CC(C)CC(OC)C2OC(O)(C(=O)C(=O)N3CCCCC3C(=O)OC(C(C)=CC3CCC(OC(C)=O)C(OC)C3)C(C)C(OC(C)=O)CC1=O)C(C)CC2OC. The van der Waals surface area contributed by atoms with E-state index in [0.717, 1.165) is 5.57 Å². The standard InChI is InChI=1S/C48H73NO14/c1-12-15-35-21-27(2)20-28(3)22-41(58-10)44-42(59-11)24-30(5)48(56,63-44)45(53)46(54)49-19-14-13-16-36(49)47(55)62-43(31(6)39(26-37(35)52)61-33(8)51)29(4)23-34-17-18-38(60-32(7)50)40(25-34)57-9/h12,21,23,28,30-31,34-36,38-44,56H,1,13-20,22,24-26H2,2-11H3. The topological polar surface area (TPSA) is 190 Å². The highest BCUT2D eigenvalue weighted by Gasteiger charge is 2.56. The van der Waals surface area contributed by atoms with Crippen molar-refractivity contribution in [2.24, 2.45) is 29.6 Å². The number of methoxy groups -OCH3 is 3. The Morgan fingerprint density at radius 3 is 2.11 bits per heavy atom. The molecule has 1 aliphatic carbocycles. The largest absolute Gasteiger partial charge is 0.462 e. The zero-order chi connectivity index (χ0) is 46.8. The summed E-state index contributed by atoms with van der Waals surface area (Å²) in [6.07, 6.45) is 4.81. The summed E-state index contributed by atoms with van der Waals surface area (Å²) in [7, 11) is 4.59. The zero-order valence-electron chi connectivity index (χ0n) is 39.1. The van der Waals surface area contributed by atoms with E-state index in [9.17, 15) is 33.9 Å². The molecule has 0 aromatic carbocycles. The minimum absolute atomic E-state index is 0.0249. The molecule has 1 N–H and O–H groups in total. The van der Waals surface area contributed by atoms with Gasteiger partial charge in [0.1, 0.15) is 36.2 Å². The molecule has 4 aliphatic rings. The van der Waals surface area contributed by atoms with Gasteiger partial charge < -0.3 is 43.2 Å². The summed E-state index contributed by atoms with van der Waals surface area (Å²) in [6.45, 7) is 15.7. The van der Waals surface area contributed by atoms with Crippen molar-refractivity contribution in [1.29, 1.82) is 0 Å². The predicted molar refractivity (Wildman–Crippen MR) is 232 cm³/mol. The maximum absolute atomic E-state index is 14.6. The Labute approximate surface area is 373 Å². The molecule has 0 aromatic rings. The van der Waals surface area contributed by atoms with E-state index in [1.807, 2.05) is 26.0 Å². The number of esters is 3. The molecule has 4 rings (SSSR count). The smallest absolute Gasteiger partial charge is 0.329 e. The van der Waals surface area contributed by atoms with E-state index >= 15 is 0 Å². The van der Waals surface area contributed by atoms with Gasteiger partial charge in [-0.25, -0.2) is 4.79 Å². The van der Waals surface area contributed by atoms with Crippen LogP contribution in [-0.2, 0) is 61.9 Å². The number of hydrogen-bond donors (Lipinski definition) is 1. The number of allylic oxidation sites excluding steroid dienone is 4. The van der Waals surface area contributed by atoms with Gasteiger partial charge in [0.05, 0.1) is 18.3 Å². The fourth-order valence-electron chi connectivity index (χ4n) is 10.1. The molecule has 3 heterocycles. The van der Waals surface area contributed by atoms with Crippen molar-refractivity contribution in [3.63, 3.8) is 0 Å². The number of ether oxygens (including phenoxy) is 7. The van der Waals surface area contributed by atoms with Gasteiger partial charge in [-0.3, -0.25) is 24.0 Å². The maximum atomic E-state index is 14.6. The summed E-state index contributed by atoms with van der Waals surface area (Å²) >= 11 is 0. The average Bonchev–Trinajstić information content (AvgIpc) is 3.23. The molecular formula is C48H73NO14. The van der Waals surface area contributed by atoms with Crippen molar-refractivity contribution in [2.75, 3.05) is 27.9 Å². The number of rotatable bonds is 9. The van der Waals surface area contributed by atoms with Crippen LogP contribution in [0.25, 0.3) is 0 Å². The Morgan fingerprint density at radius 2 is 1.49 bits per heavy atom. The van der Waals surface area contributed by atoms with Gasteiger partial charge in [-0.05, 0) is 95.5 Å². The zero-order valence-corrected chi connectivity index (χ0v) is 39.1. The molecule has 15 heteroatoms. The minimum Gasteiger partial charge on any atom is -0.462 e. The fourth-order valence-corrected chi connectivity index (χ4v) is 10.1. The van der Waals surface area contributed by atoms with Crippen LogP contribution in [0.1, 0.15) is 119 Å². The van der Waals surface area contributed by atoms with Crippen LogP contribution in [0.4, 0.5) is 0 Å². The Balaban J connectivity index is 1.83. The molecule has 1 amide bonds. The third kappa shape index (κ3) is 13.2. The molecule has 0 spiro atoms. The van der Waals surface area contributed by atoms with Crippen LogP contribution in [0.2, 0.25) is 0 Å². The van der Waals surface area contributed by atoms with E-state index in [2.05, 4.69) is 6.58 Å². The lowest BCUT2D eigenvalue weighted by Crippen LogP contribution is -2.64. The van der Waals surface area contributed by atoms with Crippen molar-refractivity contribution in [3.8, 4) is 0 Å². The molecule has 0 radical (unpaired) electrons. The van der Waals surface area contributed by atoms with Crippen LogP contribution in [0.15, 0.2) is 36.0 Å². The summed E-state index contributed by atoms with van der Waals surface area (Å²) in [5.41, 5.74) is 1.55.